The number of aromatic nitrogens is 4. The molecule has 2 amide bonds. The normalized spacial score (nSPS) is 23.3. The number of nitrogens with zero attached hydrogens (tertiary/aromatic N) is 6. The van der Waals surface area contributed by atoms with E-state index in [1.165, 1.54) is 19.3 Å². The molecule has 2 saturated carbocycles. The van der Waals surface area contributed by atoms with E-state index < -0.39 is 40.2 Å². The second kappa shape index (κ2) is 12.7. The van der Waals surface area contributed by atoms with Crippen molar-refractivity contribution in [3.63, 3.8) is 0 Å². The smallest absolute Gasteiger partial charge is 0.253 e. The number of hydrogen-bond donors (Lipinski definition) is 2. The third-order valence-corrected chi connectivity index (χ3v) is 12.2. The van der Waals surface area contributed by atoms with Crippen molar-refractivity contribution < 1.29 is 22.8 Å². The Bertz CT molecular complexity index is 2150. The Labute approximate surface area is 311 Å². The molecule has 3 fully saturated rings. The lowest BCUT2D eigenvalue weighted by molar-refractivity contribution is -0.123. The molecule has 2 aliphatic carbocycles. The summed E-state index contributed by atoms with van der Waals surface area (Å²) < 4.78 is 46.3. The Morgan fingerprint density at radius 3 is 2.42 bits per heavy atom. The van der Waals surface area contributed by atoms with Crippen LogP contribution in [0.4, 0.5) is 30.4 Å². The van der Waals surface area contributed by atoms with Crippen LogP contribution in [-0.2, 0) is 10.2 Å². The van der Waals surface area contributed by atoms with Crippen molar-refractivity contribution in [3.8, 4) is 11.3 Å². The van der Waals surface area contributed by atoms with Gasteiger partial charge in [0.05, 0.1) is 56.1 Å². The molecule has 0 radical (unpaired) electrons. The number of imidazole rings is 1. The van der Waals surface area contributed by atoms with Crippen molar-refractivity contribution in [1.82, 2.24) is 29.7 Å². The van der Waals surface area contributed by atoms with Crippen molar-refractivity contribution in [2.45, 2.75) is 108 Å². The average molecular weight is 749 g/mol. The fourth-order valence-electron chi connectivity index (χ4n) is 8.39. The Balaban J connectivity index is 1.17. The number of rotatable bonds is 9. The molecule has 280 valence electrons. The third kappa shape index (κ3) is 5.85. The van der Waals surface area contributed by atoms with E-state index in [1.807, 2.05) is 43.2 Å². The van der Waals surface area contributed by atoms with Crippen LogP contribution in [0, 0.1) is 11.6 Å². The molecule has 8 rings (SSSR count). The van der Waals surface area contributed by atoms with Crippen LogP contribution in [0.15, 0.2) is 30.7 Å². The summed E-state index contributed by atoms with van der Waals surface area (Å²) in [5, 5.41) is 4.81. The Morgan fingerprint density at radius 1 is 1.04 bits per heavy atom. The molecule has 1 saturated heterocycles. The summed E-state index contributed by atoms with van der Waals surface area (Å²) in [6.07, 6.45) is 9.62. The maximum absolute atomic E-state index is 15.6. The minimum absolute atomic E-state index is 0.0171. The zero-order valence-electron chi connectivity index (χ0n) is 30.6. The molecule has 14 heteroatoms. The van der Waals surface area contributed by atoms with Gasteiger partial charge in [-0.25, -0.2) is 23.1 Å². The number of carbonyl (C=O) groups is 2. The van der Waals surface area contributed by atoms with Crippen molar-refractivity contribution in [1.29, 1.82) is 0 Å². The van der Waals surface area contributed by atoms with Crippen molar-refractivity contribution in [3.05, 3.63) is 58.6 Å². The van der Waals surface area contributed by atoms with Crippen LogP contribution in [0.1, 0.15) is 102 Å². The lowest BCUT2D eigenvalue weighted by atomic mass is 9.71. The maximum Gasteiger partial charge on any atom is 0.253 e. The maximum atomic E-state index is 15.6. The Hall–Kier alpha value is -4.23. The number of halogens is 4. The average Bonchev–Trinajstić information content (AvgIpc) is 3.71. The van der Waals surface area contributed by atoms with Crippen LogP contribution in [0.5, 0.6) is 0 Å². The predicted molar refractivity (Wildman–Crippen MR) is 199 cm³/mol. The number of carbonyl (C=O) groups excluding carboxylic acids is 2. The van der Waals surface area contributed by atoms with Crippen molar-refractivity contribution >= 4 is 51.6 Å². The summed E-state index contributed by atoms with van der Waals surface area (Å²) in [5.41, 5.74) is 1.07. The second-order valence-corrected chi connectivity index (χ2v) is 16.8. The molecule has 0 unspecified atom stereocenters. The number of benzene rings is 1. The molecule has 0 bridgehead atoms. The summed E-state index contributed by atoms with van der Waals surface area (Å²) in [6, 6.07) is 4.82. The van der Waals surface area contributed by atoms with Gasteiger partial charge in [0, 0.05) is 29.4 Å². The van der Waals surface area contributed by atoms with E-state index in [-0.39, 0.29) is 40.6 Å². The van der Waals surface area contributed by atoms with Crippen LogP contribution in [-0.4, -0.2) is 73.1 Å². The molecule has 4 aromatic rings. The van der Waals surface area contributed by atoms with E-state index in [4.69, 9.17) is 21.6 Å². The summed E-state index contributed by atoms with van der Waals surface area (Å²) in [5.74, 6) is -3.35. The number of likely N-dealkylation sites (tertiary alicyclic amines) is 1. The molecule has 4 aliphatic rings. The van der Waals surface area contributed by atoms with Gasteiger partial charge in [0.1, 0.15) is 12.2 Å². The highest BCUT2D eigenvalue weighted by atomic mass is 35.5. The first kappa shape index (κ1) is 35.8. The SMILES string of the molecule is CC(C)n1cnc2cc(-c3cnc4c(c3)N(C3CC(C)(N5CCCCC5)C3)C(=O)C4(C)C)nc(Nc3cc(C(=O)NC4(CF)CC4)c(Cl)c(F)c3F)c21. The molecule has 5 heterocycles. The molecule has 2 N–H and O–H groups in total. The third-order valence-electron chi connectivity index (χ3n) is 11.8. The van der Waals surface area contributed by atoms with Crippen LogP contribution in [0.2, 0.25) is 5.02 Å². The zero-order valence-corrected chi connectivity index (χ0v) is 31.4. The van der Waals surface area contributed by atoms with Gasteiger partial charge in [0.15, 0.2) is 17.5 Å². The van der Waals surface area contributed by atoms with Gasteiger partial charge >= 0.3 is 0 Å². The number of pyridine rings is 2. The van der Waals surface area contributed by atoms with Gasteiger partial charge in [-0.3, -0.25) is 19.5 Å². The molecule has 53 heavy (non-hydrogen) atoms. The van der Waals surface area contributed by atoms with E-state index in [2.05, 4.69) is 27.4 Å². The van der Waals surface area contributed by atoms with E-state index in [9.17, 15) is 14.0 Å². The number of nitrogens with one attached hydrogen (secondary N) is 2. The first-order valence-corrected chi connectivity index (χ1v) is 18.8. The summed E-state index contributed by atoms with van der Waals surface area (Å²) in [7, 11) is 0. The number of hydrogen-bond acceptors (Lipinski definition) is 7. The fourth-order valence-corrected chi connectivity index (χ4v) is 8.61. The van der Waals surface area contributed by atoms with Crippen LogP contribution in [0.3, 0.4) is 0 Å². The van der Waals surface area contributed by atoms with Crippen LogP contribution >= 0.6 is 11.6 Å². The van der Waals surface area contributed by atoms with Crippen LogP contribution < -0.4 is 15.5 Å². The summed E-state index contributed by atoms with van der Waals surface area (Å²) >= 11 is 6.13. The zero-order chi connectivity index (χ0) is 37.6. The van der Waals surface area contributed by atoms with E-state index in [0.717, 1.165) is 37.7 Å². The number of amides is 2. The highest BCUT2D eigenvalue weighted by Crippen LogP contribution is 2.50. The summed E-state index contributed by atoms with van der Waals surface area (Å²) in [4.78, 5) is 46.0. The molecular weight excluding hydrogens is 705 g/mol. The van der Waals surface area contributed by atoms with Gasteiger partial charge in [-0.2, -0.15) is 0 Å². The molecule has 2 aliphatic heterocycles. The Kier molecular flexibility index (Phi) is 8.56. The second-order valence-electron chi connectivity index (χ2n) is 16.4. The van der Waals surface area contributed by atoms with Gasteiger partial charge in [0.25, 0.3) is 5.91 Å². The number of alkyl halides is 1. The van der Waals surface area contributed by atoms with E-state index >= 15 is 8.78 Å². The van der Waals surface area contributed by atoms with Gasteiger partial charge < -0.3 is 20.1 Å². The van der Waals surface area contributed by atoms with E-state index in [0.29, 0.717) is 40.8 Å². The van der Waals surface area contributed by atoms with Gasteiger partial charge in [-0.15, -0.1) is 0 Å². The molecule has 3 aromatic heterocycles. The predicted octanol–water partition coefficient (Wildman–Crippen LogP) is 8.01. The largest absolute Gasteiger partial charge is 0.344 e. The van der Waals surface area contributed by atoms with E-state index in [1.54, 1.807) is 18.6 Å². The number of anilines is 3. The minimum Gasteiger partial charge on any atom is -0.344 e. The van der Waals surface area contributed by atoms with Gasteiger partial charge in [0.2, 0.25) is 5.91 Å². The highest BCUT2D eigenvalue weighted by molar-refractivity contribution is 6.34. The Morgan fingerprint density at radius 2 is 1.75 bits per heavy atom. The van der Waals surface area contributed by atoms with Gasteiger partial charge in [-0.05, 0) is 104 Å². The number of piperidine rings is 1. The lowest BCUT2D eigenvalue weighted by Crippen LogP contribution is -2.64. The standard InChI is InChI=1S/C39H44ClF3N8O2/c1-21(2)50-20-45-27-15-25(46-34(32(27)50)47-26-14-24(29(40)31(43)30(26)42)35(52)48-39(19-41)9-10-39)22-13-28-33(44-18-22)37(3,4)36(53)51(28)23-16-38(5,17-23)49-11-7-6-8-12-49/h13-15,18,20-21,23H,6-12,16-17,19H2,1-5H3,(H,46,47)(H,48,52). The number of fused-ring (bicyclic) bond motifs is 2. The highest BCUT2D eigenvalue weighted by Gasteiger charge is 2.55. The molecule has 0 atom stereocenters. The van der Waals surface area contributed by atoms with Crippen LogP contribution in [0.25, 0.3) is 22.3 Å². The lowest BCUT2D eigenvalue weighted by Gasteiger charge is -2.55. The molecule has 1 aromatic carbocycles. The molecule has 0 spiro atoms. The van der Waals surface area contributed by atoms with Crippen molar-refractivity contribution in [2.75, 3.05) is 30.0 Å². The van der Waals surface area contributed by atoms with Gasteiger partial charge in [-0.1, -0.05) is 18.0 Å². The quantitative estimate of drug-likeness (QED) is 0.167. The first-order chi connectivity index (χ1) is 25.2. The molecular formula is C39H44ClF3N8O2. The topological polar surface area (TPSA) is 108 Å². The monoisotopic (exact) mass is 748 g/mol. The minimum atomic E-state index is -1.42. The van der Waals surface area contributed by atoms with Crippen molar-refractivity contribution in [2.24, 2.45) is 0 Å². The summed E-state index contributed by atoms with van der Waals surface area (Å²) in [6.45, 7) is 11.4. The first-order valence-electron chi connectivity index (χ1n) is 18.5. The molecule has 10 nitrogen and oxygen atoms in total. The fraction of sp³-hybridized carbons (Fsp3) is 0.513.